The Labute approximate surface area is 168 Å². The Bertz CT molecular complexity index is 911. The number of fused-ring (bicyclic) bond motifs is 1. The number of benzene rings is 1. The molecule has 2 aromatic rings. The molecular formula is C20H25N5O2S. The molecule has 0 spiro atoms. The van der Waals surface area contributed by atoms with E-state index in [0.29, 0.717) is 6.54 Å². The molecule has 1 aromatic heterocycles. The number of para-hydroxylation sites is 2. The van der Waals surface area contributed by atoms with Crippen molar-refractivity contribution in [1.29, 1.82) is 0 Å². The van der Waals surface area contributed by atoms with E-state index < -0.39 is 6.04 Å². The monoisotopic (exact) mass is 399 g/mol. The van der Waals surface area contributed by atoms with Crippen LogP contribution >= 0.6 is 11.8 Å². The van der Waals surface area contributed by atoms with Gasteiger partial charge in [-0.3, -0.25) is 9.59 Å². The van der Waals surface area contributed by atoms with E-state index in [4.69, 9.17) is 9.97 Å². The summed E-state index contributed by atoms with van der Waals surface area (Å²) in [5, 5.41) is 6.47. The molecule has 2 N–H and O–H groups in total. The van der Waals surface area contributed by atoms with Gasteiger partial charge in [0.1, 0.15) is 11.1 Å². The zero-order valence-corrected chi connectivity index (χ0v) is 17.0. The molecular weight excluding hydrogens is 374 g/mol. The average molecular weight is 400 g/mol. The first kappa shape index (κ1) is 19.0. The van der Waals surface area contributed by atoms with Crippen molar-refractivity contribution in [3.63, 3.8) is 0 Å². The summed E-state index contributed by atoms with van der Waals surface area (Å²) in [5.74, 6) is 0.773. The van der Waals surface area contributed by atoms with E-state index >= 15 is 0 Å². The second kappa shape index (κ2) is 7.58. The van der Waals surface area contributed by atoms with Gasteiger partial charge in [-0.15, -0.1) is 0 Å². The Morgan fingerprint density at radius 1 is 1.25 bits per heavy atom. The highest BCUT2D eigenvalue weighted by molar-refractivity contribution is 8.00. The molecule has 0 aliphatic carbocycles. The summed E-state index contributed by atoms with van der Waals surface area (Å²) < 4.78 is 0. The number of hydrogen-bond donors (Lipinski definition) is 2. The van der Waals surface area contributed by atoms with Gasteiger partial charge < -0.3 is 15.5 Å². The Morgan fingerprint density at radius 3 is 2.57 bits per heavy atom. The first-order valence-electron chi connectivity index (χ1n) is 9.66. The molecule has 2 aliphatic heterocycles. The molecule has 2 amide bonds. The van der Waals surface area contributed by atoms with E-state index in [1.54, 1.807) is 0 Å². The van der Waals surface area contributed by atoms with Crippen LogP contribution in [0, 0.1) is 5.41 Å². The number of nitrogens with zero attached hydrogens (tertiary/aromatic N) is 3. The topological polar surface area (TPSA) is 87.2 Å². The lowest BCUT2D eigenvalue weighted by molar-refractivity contribution is -0.127. The number of carbonyl (C=O) groups excluding carboxylic acids is 2. The largest absolute Gasteiger partial charge is 0.354 e. The smallest absolute Gasteiger partial charge is 0.243 e. The van der Waals surface area contributed by atoms with Gasteiger partial charge >= 0.3 is 0 Å². The number of nitrogens with one attached hydrogen (secondary N) is 2. The van der Waals surface area contributed by atoms with Crippen LogP contribution in [0.5, 0.6) is 0 Å². The summed E-state index contributed by atoms with van der Waals surface area (Å²) in [4.78, 5) is 36.4. The highest BCUT2D eigenvalue weighted by Crippen LogP contribution is 2.31. The second-order valence-electron chi connectivity index (χ2n) is 8.03. The quantitative estimate of drug-likeness (QED) is 0.748. The van der Waals surface area contributed by atoms with Crippen molar-refractivity contribution in [3.05, 3.63) is 24.3 Å². The van der Waals surface area contributed by atoms with E-state index in [0.717, 1.165) is 47.8 Å². The molecule has 2 saturated heterocycles. The second-order valence-corrected chi connectivity index (χ2v) is 8.99. The maximum Gasteiger partial charge on any atom is 0.243 e. The van der Waals surface area contributed by atoms with Crippen LogP contribution in [-0.2, 0) is 9.59 Å². The van der Waals surface area contributed by atoms with Gasteiger partial charge in [0.25, 0.3) is 0 Å². The van der Waals surface area contributed by atoms with E-state index in [-0.39, 0.29) is 23.0 Å². The van der Waals surface area contributed by atoms with E-state index in [9.17, 15) is 9.59 Å². The van der Waals surface area contributed by atoms with Gasteiger partial charge in [0.05, 0.1) is 16.8 Å². The maximum atomic E-state index is 12.5. The molecule has 7 nitrogen and oxygen atoms in total. The molecule has 4 rings (SSSR count). The molecule has 0 radical (unpaired) electrons. The number of rotatable bonds is 5. The SMILES string of the molecule is CC1(C)CNC(=O)C1NC(=O)CSc1nc2ccccc2nc1N1CCCC1. The summed E-state index contributed by atoms with van der Waals surface area (Å²) >= 11 is 1.38. The first-order chi connectivity index (χ1) is 13.4. The van der Waals surface area contributed by atoms with Crippen molar-refractivity contribution in [3.8, 4) is 0 Å². The number of aromatic nitrogens is 2. The summed E-state index contributed by atoms with van der Waals surface area (Å²) in [5.41, 5.74) is 1.40. The number of amides is 2. The van der Waals surface area contributed by atoms with E-state index in [2.05, 4.69) is 15.5 Å². The van der Waals surface area contributed by atoms with Crippen LogP contribution in [0.25, 0.3) is 11.0 Å². The third-order valence-corrected chi connectivity index (χ3v) is 6.29. The van der Waals surface area contributed by atoms with Crippen LogP contribution < -0.4 is 15.5 Å². The molecule has 0 bridgehead atoms. The van der Waals surface area contributed by atoms with Crippen LogP contribution in [0.1, 0.15) is 26.7 Å². The van der Waals surface area contributed by atoms with Crippen LogP contribution in [0.4, 0.5) is 5.82 Å². The first-order valence-corrected chi connectivity index (χ1v) is 10.6. The minimum atomic E-state index is -0.499. The van der Waals surface area contributed by atoms with Crippen LogP contribution in [0.3, 0.4) is 0 Å². The fourth-order valence-corrected chi connectivity index (χ4v) is 4.50. The highest BCUT2D eigenvalue weighted by atomic mass is 32.2. The predicted molar refractivity (Wildman–Crippen MR) is 110 cm³/mol. The lowest BCUT2D eigenvalue weighted by atomic mass is 9.87. The fraction of sp³-hybridized carbons (Fsp3) is 0.500. The lowest BCUT2D eigenvalue weighted by Gasteiger charge is -2.24. The Hall–Kier alpha value is -2.35. The molecule has 2 fully saturated rings. The van der Waals surface area contributed by atoms with Crippen molar-refractivity contribution in [2.24, 2.45) is 5.41 Å². The Kier molecular flexibility index (Phi) is 5.14. The van der Waals surface area contributed by atoms with Gasteiger partial charge in [0, 0.05) is 25.0 Å². The molecule has 1 atom stereocenters. The molecule has 3 heterocycles. The standard InChI is InChI=1S/C20H25N5O2S/c1-20(2)12-21-18(27)16(20)24-15(26)11-28-19-17(25-9-5-6-10-25)22-13-7-3-4-8-14(13)23-19/h3-4,7-8,16H,5-6,9-12H2,1-2H3,(H,21,27)(H,24,26). The number of carbonyl (C=O) groups is 2. The molecule has 8 heteroatoms. The summed E-state index contributed by atoms with van der Waals surface area (Å²) in [6.45, 7) is 6.44. The molecule has 2 aliphatic rings. The van der Waals surface area contributed by atoms with Gasteiger partial charge in [-0.25, -0.2) is 9.97 Å². The van der Waals surface area contributed by atoms with Gasteiger partial charge in [0.2, 0.25) is 11.8 Å². The number of thioether (sulfide) groups is 1. The zero-order valence-electron chi connectivity index (χ0n) is 16.2. The highest BCUT2D eigenvalue weighted by Gasteiger charge is 2.42. The Balaban J connectivity index is 1.51. The molecule has 148 valence electrons. The van der Waals surface area contributed by atoms with Crippen LogP contribution in [0.15, 0.2) is 29.3 Å². The van der Waals surface area contributed by atoms with Gasteiger partial charge in [-0.1, -0.05) is 37.7 Å². The molecule has 0 saturated carbocycles. The van der Waals surface area contributed by atoms with Crippen molar-refractivity contribution in [2.75, 3.05) is 30.3 Å². The molecule has 28 heavy (non-hydrogen) atoms. The summed E-state index contributed by atoms with van der Waals surface area (Å²) in [6.07, 6.45) is 2.29. The number of hydrogen-bond acceptors (Lipinski definition) is 6. The third-order valence-electron chi connectivity index (χ3n) is 5.33. The van der Waals surface area contributed by atoms with Crippen molar-refractivity contribution >= 4 is 40.4 Å². The normalized spacial score (nSPS) is 21.1. The van der Waals surface area contributed by atoms with Crippen molar-refractivity contribution in [1.82, 2.24) is 20.6 Å². The summed E-state index contributed by atoms with van der Waals surface area (Å²) in [6, 6.07) is 7.30. The van der Waals surface area contributed by atoms with Gasteiger partial charge in [0.15, 0.2) is 5.82 Å². The van der Waals surface area contributed by atoms with Gasteiger partial charge in [-0.05, 0) is 25.0 Å². The number of anilines is 1. The molecule has 1 aromatic carbocycles. The minimum Gasteiger partial charge on any atom is -0.354 e. The van der Waals surface area contributed by atoms with E-state index in [1.165, 1.54) is 11.8 Å². The van der Waals surface area contributed by atoms with Crippen molar-refractivity contribution in [2.45, 2.75) is 37.8 Å². The Morgan fingerprint density at radius 2 is 1.93 bits per heavy atom. The average Bonchev–Trinajstić information content (AvgIpc) is 3.30. The zero-order chi connectivity index (χ0) is 19.7. The van der Waals surface area contributed by atoms with Crippen LogP contribution in [-0.4, -0.2) is 53.2 Å². The van der Waals surface area contributed by atoms with Crippen molar-refractivity contribution < 1.29 is 9.59 Å². The lowest BCUT2D eigenvalue weighted by Crippen LogP contribution is -2.47. The minimum absolute atomic E-state index is 0.119. The fourth-order valence-electron chi connectivity index (χ4n) is 3.68. The third kappa shape index (κ3) is 3.78. The molecule has 1 unspecified atom stereocenters. The van der Waals surface area contributed by atoms with E-state index in [1.807, 2.05) is 38.1 Å². The summed E-state index contributed by atoms with van der Waals surface area (Å²) in [7, 11) is 0. The van der Waals surface area contributed by atoms with Crippen LogP contribution in [0.2, 0.25) is 0 Å². The van der Waals surface area contributed by atoms with Gasteiger partial charge in [-0.2, -0.15) is 0 Å². The predicted octanol–water partition coefficient (Wildman–Crippen LogP) is 1.96. The maximum absolute atomic E-state index is 12.5.